The van der Waals surface area contributed by atoms with E-state index in [0.29, 0.717) is 6.61 Å². The van der Waals surface area contributed by atoms with Crippen LogP contribution in [-0.4, -0.2) is 27.6 Å². The van der Waals surface area contributed by atoms with E-state index in [1.54, 1.807) is 6.92 Å². The molecule has 0 aliphatic rings. The van der Waals surface area contributed by atoms with Gasteiger partial charge in [-0.1, -0.05) is 6.08 Å². The molecule has 96 valence electrons. The van der Waals surface area contributed by atoms with Crippen LogP contribution < -0.4 is 0 Å². The number of rotatable bonds is 5. The van der Waals surface area contributed by atoms with Crippen molar-refractivity contribution < 1.29 is 19.6 Å². The molecule has 1 aromatic heterocycles. The second-order valence-corrected chi connectivity index (χ2v) is 3.25. The van der Waals surface area contributed by atoms with Gasteiger partial charge in [0.2, 0.25) is 5.75 Å². The first-order chi connectivity index (χ1) is 8.54. The predicted molar refractivity (Wildman–Crippen MR) is 62.8 cm³/mol. The molecule has 1 aromatic rings. The zero-order valence-corrected chi connectivity index (χ0v) is 9.70. The summed E-state index contributed by atoms with van der Waals surface area (Å²) >= 11 is 0. The molecular weight excluding hydrogens is 240 g/mol. The first-order valence-corrected chi connectivity index (χ1v) is 5.21. The van der Waals surface area contributed by atoms with E-state index in [2.05, 4.69) is 4.98 Å². The Balaban J connectivity index is 2.73. The maximum Gasteiger partial charge on any atom is 0.406 e. The third kappa shape index (κ3) is 3.85. The summed E-state index contributed by atoms with van der Waals surface area (Å²) < 4.78 is 4.70. The van der Waals surface area contributed by atoms with Crippen LogP contribution >= 0.6 is 0 Å². The Hall–Kier alpha value is -2.44. The third-order valence-electron chi connectivity index (χ3n) is 1.93. The van der Waals surface area contributed by atoms with Crippen LogP contribution in [-0.2, 0) is 9.53 Å². The van der Waals surface area contributed by atoms with E-state index >= 15 is 0 Å². The van der Waals surface area contributed by atoms with E-state index in [1.165, 1.54) is 24.3 Å². The number of pyridine rings is 1. The van der Waals surface area contributed by atoms with Crippen LogP contribution in [0.3, 0.4) is 0 Å². The van der Waals surface area contributed by atoms with Gasteiger partial charge in [0.1, 0.15) is 0 Å². The van der Waals surface area contributed by atoms with Gasteiger partial charge in [-0.3, -0.25) is 4.79 Å². The van der Waals surface area contributed by atoms with Crippen molar-refractivity contribution in [2.24, 2.45) is 0 Å². The zero-order chi connectivity index (χ0) is 13.5. The summed E-state index contributed by atoms with van der Waals surface area (Å²) in [6, 6.07) is 2.58. The number of aromatic nitrogens is 1. The Morgan fingerprint density at radius 1 is 1.61 bits per heavy atom. The molecule has 7 nitrogen and oxygen atoms in total. The van der Waals surface area contributed by atoms with Crippen LogP contribution in [0.15, 0.2) is 18.2 Å². The van der Waals surface area contributed by atoms with Gasteiger partial charge in [-0.05, 0) is 35.0 Å². The smallest absolute Gasteiger partial charge is 0.406 e. The second-order valence-electron chi connectivity index (χ2n) is 3.25. The molecule has 7 heteroatoms. The summed E-state index contributed by atoms with van der Waals surface area (Å²) in [5, 5.41) is 19.7. The van der Waals surface area contributed by atoms with Crippen molar-refractivity contribution in [2.75, 3.05) is 6.61 Å². The van der Waals surface area contributed by atoms with E-state index in [4.69, 9.17) is 4.74 Å². The molecule has 0 unspecified atom stereocenters. The lowest BCUT2D eigenvalue weighted by molar-refractivity contribution is -0.390. The Morgan fingerprint density at radius 2 is 2.33 bits per heavy atom. The van der Waals surface area contributed by atoms with Crippen LogP contribution in [0, 0.1) is 10.1 Å². The molecule has 1 heterocycles. The fraction of sp³-hybridized carbons (Fsp3) is 0.273. The molecule has 0 aliphatic carbocycles. The standard InChI is InChI=1S/C11H12N2O5/c1-2-18-10(15)5-3-4-8-6-7-9(14)11(12-8)13(16)17/h3-4,6-7,14H,2,5H2,1H3. The molecule has 0 fully saturated rings. The molecule has 0 aromatic carbocycles. The predicted octanol–water partition coefficient (Wildman–Crippen LogP) is 1.66. The average molecular weight is 252 g/mol. The van der Waals surface area contributed by atoms with E-state index in [0.717, 1.165) is 0 Å². The van der Waals surface area contributed by atoms with Gasteiger partial charge in [0.25, 0.3) is 0 Å². The van der Waals surface area contributed by atoms with Crippen molar-refractivity contribution >= 4 is 17.9 Å². The molecule has 0 spiro atoms. The summed E-state index contributed by atoms with van der Waals surface area (Å²) in [6.07, 6.45) is 2.99. The largest absolute Gasteiger partial charge is 0.501 e. The van der Waals surface area contributed by atoms with Crippen LogP contribution in [0.2, 0.25) is 0 Å². The lowest BCUT2D eigenvalue weighted by Crippen LogP contribution is -2.01. The number of nitro groups is 1. The van der Waals surface area contributed by atoms with E-state index in [9.17, 15) is 20.0 Å². The van der Waals surface area contributed by atoms with Gasteiger partial charge >= 0.3 is 11.8 Å². The molecule has 0 aliphatic heterocycles. The normalized spacial score (nSPS) is 10.5. The highest BCUT2D eigenvalue weighted by Gasteiger charge is 2.15. The minimum atomic E-state index is -0.780. The number of hydrogen-bond donors (Lipinski definition) is 1. The highest BCUT2D eigenvalue weighted by atomic mass is 16.6. The van der Waals surface area contributed by atoms with Crippen LogP contribution in [0.5, 0.6) is 5.75 Å². The number of aromatic hydroxyl groups is 1. The Bertz CT molecular complexity index is 484. The lowest BCUT2D eigenvalue weighted by atomic mass is 10.3. The Labute approximate surface area is 103 Å². The van der Waals surface area contributed by atoms with Gasteiger partial charge in [-0.2, -0.15) is 0 Å². The maximum absolute atomic E-state index is 11.0. The number of ether oxygens (including phenoxy) is 1. The molecule has 0 amide bonds. The van der Waals surface area contributed by atoms with Gasteiger partial charge in [0, 0.05) is 0 Å². The topological polar surface area (TPSA) is 103 Å². The van der Waals surface area contributed by atoms with E-state index in [-0.39, 0.29) is 18.1 Å². The monoisotopic (exact) mass is 252 g/mol. The Morgan fingerprint density at radius 3 is 2.94 bits per heavy atom. The first-order valence-electron chi connectivity index (χ1n) is 5.21. The highest BCUT2D eigenvalue weighted by molar-refractivity contribution is 5.72. The van der Waals surface area contributed by atoms with Crippen molar-refractivity contribution in [1.29, 1.82) is 0 Å². The number of hydrogen-bond acceptors (Lipinski definition) is 6. The lowest BCUT2D eigenvalue weighted by Gasteiger charge is -1.97. The van der Waals surface area contributed by atoms with E-state index < -0.39 is 16.5 Å². The summed E-state index contributed by atoms with van der Waals surface area (Å²) in [5.74, 6) is -1.50. The summed E-state index contributed by atoms with van der Waals surface area (Å²) in [7, 11) is 0. The van der Waals surface area contributed by atoms with Crippen molar-refractivity contribution in [2.45, 2.75) is 13.3 Å². The van der Waals surface area contributed by atoms with Crippen molar-refractivity contribution in [3.63, 3.8) is 0 Å². The maximum atomic E-state index is 11.0. The van der Waals surface area contributed by atoms with Gasteiger partial charge < -0.3 is 20.0 Å². The molecule has 1 rings (SSSR count). The van der Waals surface area contributed by atoms with Crippen LogP contribution in [0.4, 0.5) is 5.82 Å². The van der Waals surface area contributed by atoms with Gasteiger partial charge in [-0.25, -0.2) is 0 Å². The van der Waals surface area contributed by atoms with Crippen LogP contribution in [0.25, 0.3) is 6.08 Å². The molecule has 18 heavy (non-hydrogen) atoms. The molecule has 0 saturated carbocycles. The Kier molecular flexibility index (Phi) is 4.79. The number of carbonyl (C=O) groups excluding carboxylic acids is 1. The molecule has 0 saturated heterocycles. The second kappa shape index (κ2) is 6.33. The SMILES string of the molecule is CCOC(=O)CC=Cc1ccc(O)c([N+](=O)[O-])n1. The number of carbonyl (C=O) groups is 1. The summed E-state index contributed by atoms with van der Waals surface area (Å²) in [6.45, 7) is 2.00. The minimum Gasteiger partial charge on any atom is -0.501 e. The summed E-state index contributed by atoms with van der Waals surface area (Å²) in [4.78, 5) is 24.4. The third-order valence-corrected chi connectivity index (χ3v) is 1.93. The van der Waals surface area contributed by atoms with Gasteiger partial charge in [-0.15, -0.1) is 0 Å². The quantitative estimate of drug-likeness (QED) is 0.485. The molecule has 1 N–H and O–H groups in total. The van der Waals surface area contributed by atoms with Gasteiger partial charge in [0.15, 0.2) is 5.69 Å². The minimum absolute atomic E-state index is 0.0597. The van der Waals surface area contributed by atoms with Gasteiger partial charge in [0.05, 0.1) is 13.0 Å². The van der Waals surface area contributed by atoms with E-state index in [1.807, 2.05) is 0 Å². The molecule has 0 radical (unpaired) electrons. The number of esters is 1. The van der Waals surface area contributed by atoms with Crippen molar-refractivity contribution in [1.82, 2.24) is 4.98 Å². The number of nitrogens with zero attached hydrogens (tertiary/aromatic N) is 2. The average Bonchev–Trinajstić information content (AvgIpc) is 2.31. The van der Waals surface area contributed by atoms with Crippen LogP contribution in [0.1, 0.15) is 19.0 Å². The zero-order valence-electron chi connectivity index (χ0n) is 9.70. The highest BCUT2D eigenvalue weighted by Crippen LogP contribution is 2.22. The molecule has 0 atom stereocenters. The fourth-order valence-electron chi connectivity index (χ4n) is 1.18. The molecular formula is C11H12N2O5. The summed E-state index contributed by atoms with van der Waals surface area (Å²) in [5.41, 5.74) is 0.281. The fourth-order valence-corrected chi connectivity index (χ4v) is 1.18. The molecule has 0 bridgehead atoms. The van der Waals surface area contributed by atoms with Crippen molar-refractivity contribution in [3.8, 4) is 5.75 Å². The first kappa shape index (κ1) is 13.6. The van der Waals surface area contributed by atoms with Crippen molar-refractivity contribution in [3.05, 3.63) is 34.0 Å².